The molecule has 1 aliphatic rings. The molecule has 0 saturated carbocycles. The van der Waals surface area contributed by atoms with Crippen LogP contribution in [0.2, 0.25) is 13.1 Å². The van der Waals surface area contributed by atoms with Gasteiger partial charge in [0.1, 0.15) is 0 Å². The molecule has 0 heterocycles. The summed E-state index contributed by atoms with van der Waals surface area (Å²) in [4.78, 5) is 10.6. The Balaban J connectivity index is -0.000000126. The van der Waals surface area contributed by atoms with Crippen LogP contribution < -0.4 is 24.8 Å². The third-order valence-corrected chi connectivity index (χ3v) is 2.07. The van der Waals surface area contributed by atoms with Crippen LogP contribution in [0.15, 0.2) is 36.4 Å². The number of halogens is 2. The summed E-state index contributed by atoms with van der Waals surface area (Å²) in [5, 5.41) is 0. The molecule has 0 aliphatic heterocycles. The number of rotatable bonds is 1. The number of allylic oxidation sites excluding steroid dienone is 4. The van der Waals surface area contributed by atoms with Crippen molar-refractivity contribution in [2.75, 3.05) is 0 Å². The third-order valence-electron chi connectivity index (χ3n) is 2.07. The summed E-state index contributed by atoms with van der Waals surface area (Å²) in [5.41, 5.74) is 9.40. The zero-order valence-corrected chi connectivity index (χ0v) is 17.6. The molecule has 6 heteroatoms. The predicted molar refractivity (Wildman–Crippen MR) is 85.0 cm³/mol. The number of benzene rings is 1. The van der Waals surface area contributed by atoms with E-state index >= 15 is 0 Å². The molecule has 1 aromatic carbocycles. The predicted octanol–water partition coefficient (Wildman–Crippen LogP) is -1.67. The average molecular weight is 391 g/mol. The van der Waals surface area contributed by atoms with E-state index < -0.39 is 5.91 Å². The van der Waals surface area contributed by atoms with E-state index in [2.05, 4.69) is 25.2 Å². The van der Waals surface area contributed by atoms with Crippen LogP contribution in [0.1, 0.15) is 27.9 Å². The van der Waals surface area contributed by atoms with Crippen LogP contribution in [0, 0.1) is 19.9 Å². The van der Waals surface area contributed by atoms with Gasteiger partial charge >= 0.3 is 21.7 Å². The topological polar surface area (TPSA) is 40.9 Å². The minimum atomic E-state index is -0.614. The molecule has 1 aliphatic carbocycles. The summed E-state index contributed by atoms with van der Waals surface area (Å²) in [7, 11) is 0.750. The first kappa shape index (κ1) is 29.7. The maximum atomic E-state index is 10.6. The first-order chi connectivity index (χ1) is 9.01. The molecule has 0 fully saturated rings. The maximum Gasteiger partial charge on any atom is 4.00 e. The molecular formula is C16H22Cl2NOSiTi. The quantitative estimate of drug-likeness (QED) is 0.417. The largest absolute Gasteiger partial charge is 4.00 e. The Morgan fingerprint density at radius 1 is 1.14 bits per heavy atom. The second-order valence-corrected chi connectivity index (χ2v) is 5.44. The van der Waals surface area contributed by atoms with Crippen molar-refractivity contribution in [3.63, 3.8) is 0 Å². The van der Waals surface area contributed by atoms with E-state index in [0.29, 0.717) is 5.56 Å². The Hall–Kier alpha value is -0.319. The second kappa shape index (κ2) is 18.7. The molecule has 0 spiro atoms. The molecule has 0 unspecified atom stereocenters. The van der Waals surface area contributed by atoms with Gasteiger partial charge in [-0.15, -0.1) is 6.42 Å². The molecule has 1 N–H and O–H groups in total. The van der Waals surface area contributed by atoms with Crippen molar-refractivity contribution in [2.45, 2.75) is 33.4 Å². The standard InChI is InChI=1S/C9H11NO.C5H5.C2H7Si.2ClH.Ti/c1-6-3-7(2)5-8(4-6)9(10)11;1-2-4-5-3-1;1-3-2;;;/h3-5H,1-2H3,(H2,10,11);1-3H,4H2;3H,1-2H3;2*1H;/q;-1;;;;+4/p-3. The molecular weight excluding hydrogens is 369 g/mol. The first-order valence-electron chi connectivity index (χ1n) is 6.31. The van der Waals surface area contributed by atoms with Gasteiger partial charge in [-0.05, 0) is 19.4 Å². The van der Waals surface area contributed by atoms with Gasteiger partial charge in [0.25, 0.3) is 0 Å². The van der Waals surface area contributed by atoms with Crippen LogP contribution in [-0.4, -0.2) is 15.4 Å². The van der Waals surface area contributed by atoms with E-state index in [0.717, 1.165) is 27.1 Å². The van der Waals surface area contributed by atoms with Gasteiger partial charge in [0.15, 0.2) is 0 Å². The van der Waals surface area contributed by atoms with Crippen LogP contribution in [-0.2, 0) is 21.7 Å². The smallest absolute Gasteiger partial charge is 1.00 e. The number of hydrogen-bond donors (Lipinski definition) is 0. The molecule has 2 nitrogen and oxygen atoms in total. The molecule has 0 bridgehead atoms. The fourth-order valence-electron chi connectivity index (χ4n) is 1.45. The van der Waals surface area contributed by atoms with Crippen molar-refractivity contribution in [3.05, 3.63) is 64.9 Å². The van der Waals surface area contributed by atoms with Crippen LogP contribution in [0.3, 0.4) is 0 Å². The fourth-order valence-corrected chi connectivity index (χ4v) is 1.45. The number of carbonyl (C=O) groups is 1. The van der Waals surface area contributed by atoms with Crippen molar-refractivity contribution in [2.24, 2.45) is 0 Å². The van der Waals surface area contributed by atoms with Gasteiger partial charge in [-0.1, -0.05) is 42.4 Å². The molecule has 1 aromatic rings. The van der Waals surface area contributed by atoms with Crippen molar-refractivity contribution >= 4 is 15.4 Å². The van der Waals surface area contributed by atoms with Crippen molar-refractivity contribution in [3.8, 4) is 0 Å². The van der Waals surface area contributed by atoms with Crippen molar-refractivity contribution in [1.82, 2.24) is 0 Å². The third kappa shape index (κ3) is 16.1. The number of hydrogen-bond acceptors (Lipinski definition) is 1. The molecule has 0 saturated heterocycles. The minimum absolute atomic E-state index is 0. The summed E-state index contributed by atoms with van der Waals surface area (Å²) < 4.78 is 0. The van der Waals surface area contributed by atoms with Crippen LogP contribution in [0.4, 0.5) is 0 Å². The summed E-state index contributed by atoms with van der Waals surface area (Å²) >= 11 is 0. The summed E-state index contributed by atoms with van der Waals surface area (Å²) in [6.07, 6.45) is 10.0. The summed E-state index contributed by atoms with van der Waals surface area (Å²) in [6.45, 7) is 8.25. The van der Waals surface area contributed by atoms with Gasteiger partial charge in [0, 0.05) is 9.52 Å². The second-order valence-electron chi connectivity index (χ2n) is 4.29. The Morgan fingerprint density at radius 2 is 1.59 bits per heavy atom. The van der Waals surface area contributed by atoms with Crippen molar-refractivity contribution < 1.29 is 51.3 Å². The van der Waals surface area contributed by atoms with E-state index in [1.165, 1.54) is 0 Å². The van der Waals surface area contributed by atoms with Crippen LogP contribution in [0.5, 0.6) is 0 Å². The summed E-state index contributed by atoms with van der Waals surface area (Å²) in [5.74, 6) is -0.614. The number of carbonyl (C=O) groups excluding carboxylic acids is 1. The summed E-state index contributed by atoms with van der Waals surface area (Å²) in [6, 6.07) is 5.43. The molecule has 0 atom stereocenters. The van der Waals surface area contributed by atoms with Crippen LogP contribution >= 0.6 is 0 Å². The van der Waals surface area contributed by atoms with Crippen LogP contribution in [0.25, 0.3) is 5.73 Å². The number of aryl methyl sites for hydroxylation is 2. The Kier molecular flexibility index (Phi) is 25.3. The molecule has 1 radical (unpaired) electrons. The molecule has 2 rings (SSSR count). The van der Waals surface area contributed by atoms with Gasteiger partial charge in [-0.25, -0.2) is 12.2 Å². The van der Waals surface area contributed by atoms with E-state index in [1.54, 1.807) is 12.1 Å². The maximum absolute atomic E-state index is 10.6. The Labute approximate surface area is 164 Å². The molecule has 22 heavy (non-hydrogen) atoms. The van der Waals surface area contributed by atoms with Gasteiger partial charge < -0.3 is 35.3 Å². The Morgan fingerprint density at radius 3 is 1.82 bits per heavy atom. The number of amides is 1. The zero-order valence-electron chi connectivity index (χ0n) is 13.4. The van der Waals surface area contributed by atoms with Crippen molar-refractivity contribution in [1.29, 1.82) is 0 Å². The minimum Gasteiger partial charge on any atom is -1.00 e. The van der Waals surface area contributed by atoms with Gasteiger partial charge in [0.2, 0.25) is 0 Å². The molecule has 0 aromatic heterocycles. The Bertz CT molecular complexity index is 435. The molecule has 119 valence electrons. The van der Waals surface area contributed by atoms with Gasteiger partial charge in [-0.2, -0.15) is 6.08 Å². The first-order valence-corrected chi connectivity index (χ1v) is 8.62. The molecule has 1 amide bonds. The number of nitrogens with one attached hydrogen (secondary N) is 1. The zero-order chi connectivity index (χ0) is 14.7. The van der Waals surface area contributed by atoms with E-state index in [1.807, 2.05) is 32.1 Å². The van der Waals surface area contributed by atoms with E-state index in [4.69, 9.17) is 5.73 Å². The normalized spacial score (nSPS) is 9.64. The van der Waals surface area contributed by atoms with E-state index in [9.17, 15) is 4.79 Å². The fraction of sp³-hybridized carbons (Fsp3) is 0.312. The monoisotopic (exact) mass is 390 g/mol. The average Bonchev–Trinajstić information content (AvgIpc) is 2.87. The van der Waals surface area contributed by atoms with E-state index in [-0.39, 0.29) is 46.5 Å². The SMILES string of the molecule is C[SiH]C.Cc1cc(C)cc(C([NH-])=O)c1.[C-]1=CC=CC1.[Cl-].[Cl-].[Ti+4]. The van der Waals surface area contributed by atoms with Gasteiger partial charge in [0.05, 0.1) is 5.91 Å². The van der Waals surface area contributed by atoms with Gasteiger partial charge in [-0.3, -0.25) is 6.08 Å².